The van der Waals surface area contributed by atoms with Gasteiger partial charge in [0.1, 0.15) is 29.5 Å². The summed E-state index contributed by atoms with van der Waals surface area (Å²) < 4.78 is 11.3. The Kier molecular flexibility index (Phi) is 10.5. The van der Waals surface area contributed by atoms with E-state index in [1.165, 1.54) is 64.9 Å². The molecule has 2 saturated carbocycles. The van der Waals surface area contributed by atoms with Crippen LogP contribution in [-0.4, -0.2) is 88.6 Å². The van der Waals surface area contributed by atoms with E-state index in [0.29, 0.717) is 35.2 Å². The molecule has 6 rings (SSSR count). The number of fused-ring (bicyclic) bond motifs is 1. The largest absolute Gasteiger partial charge is 0.480 e. The molecule has 0 spiro atoms. The van der Waals surface area contributed by atoms with E-state index in [9.17, 15) is 4.79 Å². The smallest absolute Gasteiger partial charge is 0.228 e. The van der Waals surface area contributed by atoms with Gasteiger partial charge in [0.2, 0.25) is 18.2 Å². The van der Waals surface area contributed by atoms with Gasteiger partial charge in [0, 0.05) is 49.9 Å². The van der Waals surface area contributed by atoms with Crippen LogP contribution in [0, 0.1) is 5.92 Å². The Bertz CT molecular complexity index is 1180. The lowest BCUT2D eigenvalue weighted by Gasteiger charge is -2.33. The molecule has 0 bridgehead atoms. The number of piperazine rings is 1. The highest BCUT2D eigenvalue weighted by atomic mass is 16.5. The maximum atomic E-state index is 10.6. The van der Waals surface area contributed by atoms with Gasteiger partial charge in [-0.25, -0.2) is 15.0 Å². The minimum Gasteiger partial charge on any atom is -0.480 e. The normalized spacial score (nSPS) is 17.4. The van der Waals surface area contributed by atoms with E-state index in [0.717, 1.165) is 29.7 Å². The summed E-state index contributed by atoms with van der Waals surface area (Å²) in [6.07, 6.45) is 10.3. The van der Waals surface area contributed by atoms with Crippen LogP contribution in [0.15, 0.2) is 24.7 Å². The molecule has 2 aliphatic carbocycles. The van der Waals surface area contributed by atoms with Crippen molar-refractivity contribution in [1.82, 2.24) is 29.7 Å². The predicted molar refractivity (Wildman–Crippen MR) is 154 cm³/mol. The van der Waals surface area contributed by atoms with Gasteiger partial charge in [0.25, 0.3) is 0 Å². The summed E-state index contributed by atoms with van der Waals surface area (Å²) in [7, 11) is 1.56. The van der Waals surface area contributed by atoms with E-state index in [2.05, 4.69) is 55.8 Å². The third-order valence-electron chi connectivity index (χ3n) is 6.91. The number of H-pyrrole nitrogens is 1. The van der Waals surface area contributed by atoms with Crippen LogP contribution >= 0.6 is 0 Å². The summed E-state index contributed by atoms with van der Waals surface area (Å²) in [6, 6.07) is 3.60. The first-order valence-corrected chi connectivity index (χ1v) is 14.3. The number of carbonyl (C=O) groups excluding carboxylic acids is 1. The minimum atomic E-state index is 0.204. The highest BCUT2D eigenvalue weighted by Gasteiger charge is 2.28. The number of methoxy groups -OCH3 is 1. The Hall–Kier alpha value is -3.24. The maximum Gasteiger partial charge on any atom is 0.228 e. The maximum absolute atomic E-state index is 10.6. The lowest BCUT2D eigenvalue weighted by Crippen LogP contribution is -2.46. The monoisotopic (exact) mass is 537 g/mol. The Labute approximate surface area is 231 Å². The molecule has 1 aliphatic heterocycles. The van der Waals surface area contributed by atoms with E-state index in [1.807, 2.05) is 12.3 Å². The summed E-state index contributed by atoms with van der Waals surface area (Å²) in [5, 5.41) is 3.39. The molecular weight excluding hydrogens is 494 g/mol. The topological polar surface area (TPSA) is 108 Å². The van der Waals surface area contributed by atoms with Gasteiger partial charge >= 0.3 is 0 Å². The van der Waals surface area contributed by atoms with Crippen LogP contribution in [0.4, 0.5) is 5.82 Å². The molecule has 3 aromatic rings. The van der Waals surface area contributed by atoms with Gasteiger partial charge < -0.3 is 29.6 Å². The van der Waals surface area contributed by atoms with E-state index < -0.39 is 0 Å². The van der Waals surface area contributed by atoms with Crippen molar-refractivity contribution in [1.29, 1.82) is 0 Å². The molecule has 3 aromatic heterocycles. The zero-order valence-corrected chi connectivity index (χ0v) is 23.8. The highest BCUT2D eigenvalue weighted by molar-refractivity contribution is 5.97. The molecule has 1 amide bonds. The summed E-state index contributed by atoms with van der Waals surface area (Å²) >= 11 is 0. The molecule has 212 valence electrons. The average Bonchev–Trinajstić information content (AvgIpc) is 3.90. The van der Waals surface area contributed by atoms with Gasteiger partial charge in [-0.3, -0.25) is 4.79 Å². The molecule has 0 radical (unpaired) electrons. The fourth-order valence-electron chi connectivity index (χ4n) is 4.48. The second kappa shape index (κ2) is 14.2. The van der Waals surface area contributed by atoms with Crippen molar-refractivity contribution in [3.05, 3.63) is 24.7 Å². The molecule has 0 aromatic carbocycles. The van der Waals surface area contributed by atoms with Crippen molar-refractivity contribution >= 4 is 23.3 Å². The Morgan fingerprint density at radius 1 is 1.03 bits per heavy atom. The second-order valence-corrected chi connectivity index (χ2v) is 10.3. The van der Waals surface area contributed by atoms with Gasteiger partial charge in [-0.2, -0.15) is 0 Å². The van der Waals surface area contributed by atoms with Gasteiger partial charge in [0.15, 0.2) is 0 Å². The number of carbonyl (C=O) groups is 1. The number of anilines is 1. The van der Waals surface area contributed by atoms with Gasteiger partial charge in [0.05, 0.1) is 7.11 Å². The molecule has 0 atom stereocenters. The second-order valence-electron chi connectivity index (χ2n) is 10.3. The van der Waals surface area contributed by atoms with Crippen molar-refractivity contribution in [2.75, 3.05) is 51.7 Å². The van der Waals surface area contributed by atoms with E-state index in [-0.39, 0.29) is 6.10 Å². The first kappa shape index (κ1) is 28.8. The zero-order valence-electron chi connectivity index (χ0n) is 23.8. The van der Waals surface area contributed by atoms with Crippen molar-refractivity contribution < 1.29 is 14.3 Å². The Balaban J connectivity index is 0.000000196. The number of aromatic amines is 1. The zero-order chi connectivity index (χ0) is 27.6. The summed E-state index contributed by atoms with van der Waals surface area (Å²) in [5.74, 6) is 2.48. The van der Waals surface area contributed by atoms with Crippen molar-refractivity contribution in [3.8, 4) is 22.9 Å². The van der Waals surface area contributed by atoms with Crippen LogP contribution in [0.5, 0.6) is 11.8 Å². The summed E-state index contributed by atoms with van der Waals surface area (Å²) in [4.78, 5) is 31.7. The Morgan fingerprint density at radius 3 is 2.33 bits per heavy atom. The third kappa shape index (κ3) is 8.12. The van der Waals surface area contributed by atoms with Crippen LogP contribution in [0.2, 0.25) is 0 Å². The molecule has 10 nitrogen and oxygen atoms in total. The van der Waals surface area contributed by atoms with Crippen molar-refractivity contribution in [2.45, 2.75) is 59.0 Å². The number of ether oxygens (including phenoxy) is 2. The van der Waals surface area contributed by atoms with Gasteiger partial charge in [-0.1, -0.05) is 27.2 Å². The number of pyridine rings is 1. The van der Waals surface area contributed by atoms with Gasteiger partial charge in [-0.05, 0) is 50.3 Å². The number of aromatic nitrogens is 4. The van der Waals surface area contributed by atoms with Crippen molar-refractivity contribution in [3.63, 3.8) is 0 Å². The summed E-state index contributed by atoms with van der Waals surface area (Å²) in [5.41, 5.74) is 2.17. The number of rotatable bonds is 9. The molecular formula is C29H43N7O3. The van der Waals surface area contributed by atoms with Crippen LogP contribution in [0.3, 0.4) is 0 Å². The third-order valence-corrected chi connectivity index (χ3v) is 6.91. The number of nitrogens with zero attached hydrogens (tertiary/aromatic N) is 5. The van der Waals surface area contributed by atoms with E-state index >= 15 is 0 Å². The molecule has 3 fully saturated rings. The lowest BCUT2D eigenvalue weighted by molar-refractivity contribution is -0.105. The molecule has 10 heteroatoms. The first-order valence-electron chi connectivity index (χ1n) is 14.3. The van der Waals surface area contributed by atoms with Crippen LogP contribution in [0.1, 0.15) is 52.9 Å². The number of likely N-dealkylation sites (N-methyl/N-ethyl adjacent to an activating group) is 1. The SMILES string of the molecule is CCC.CCN1CCN(CC2CC2)CC1.COc1ncnc(OC2CC2)c1-c1c[nH]c2nc(NC=O)ccc12. The van der Waals surface area contributed by atoms with Crippen molar-refractivity contribution in [2.24, 2.45) is 5.92 Å². The first-order chi connectivity index (χ1) is 19.1. The minimum absolute atomic E-state index is 0.204. The molecule has 4 heterocycles. The fourth-order valence-corrected chi connectivity index (χ4v) is 4.48. The highest BCUT2D eigenvalue weighted by Crippen LogP contribution is 2.41. The Morgan fingerprint density at radius 2 is 1.72 bits per heavy atom. The van der Waals surface area contributed by atoms with Crippen LogP contribution in [-0.2, 0) is 4.79 Å². The van der Waals surface area contributed by atoms with Gasteiger partial charge in [-0.15, -0.1) is 0 Å². The molecule has 0 unspecified atom stereocenters. The van der Waals surface area contributed by atoms with Crippen LogP contribution in [0.25, 0.3) is 22.2 Å². The van der Waals surface area contributed by atoms with Crippen LogP contribution < -0.4 is 14.8 Å². The number of amides is 1. The quantitative estimate of drug-likeness (QED) is 0.382. The lowest BCUT2D eigenvalue weighted by atomic mass is 10.1. The standard InChI is InChI=1S/C16H15N5O3.C10H20N2.C3H8/c1-23-15-13(16(19-7-18-15)24-9-2-3-9)11-6-17-14-10(11)4-5-12(21-14)20-8-22;1-2-11-5-7-12(8-6-11)9-10-3-4-10;1-3-2/h4-9H,2-3H2,1H3,(H2,17,20,21,22);10H,2-9H2,1H3;3H2,1-2H3. The number of hydrogen-bond donors (Lipinski definition) is 2. The molecule has 2 N–H and O–H groups in total. The summed E-state index contributed by atoms with van der Waals surface area (Å²) in [6.45, 7) is 14.3. The number of hydrogen-bond acceptors (Lipinski definition) is 8. The van der Waals surface area contributed by atoms with E-state index in [1.54, 1.807) is 13.2 Å². The molecule has 3 aliphatic rings. The average molecular weight is 538 g/mol. The molecule has 1 saturated heterocycles. The van der Waals surface area contributed by atoms with E-state index in [4.69, 9.17) is 9.47 Å². The fraction of sp³-hybridized carbons (Fsp3) is 0.586. The molecule has 39 heavy (non-hydrogen) atoms. The predicted octanol–water partition coefficient (Wildman–Crippen LogP) is 4.59. The number of nitrogens with one attached hydrogen (secondary N) is 2.